The van der Waals surface area contributed by atoms with E-state index in [1.54, 1.807) is 12.1 Å². The maximum absolute atomic E-state index is 13.2. The van der Waals surface area contributed by atoms with Gasteiger partial charge >= 0.3 is 11.9 Å². The Kier molecular flexibility index (Phi) is 8.69. The monoisotopic (exact) mass is 613 g/mol. The molecule has 7 atom stereocenters. The number of likely N-dealkylation sites (N-methyl/N-ethyl adjacent to an activating group) is 1. The fourth-order valence-corrected chi connectivity index (χ4v) is 7.45. The first-order valence-corrected chi connectivity index (χ1v) is 15.5. The number of aliphatic hydroxyl groups is 1. The van der Waals surface area contributed by atoms with Gasteiger partial charge in [0.15, 0.2) is 23.7 Å². The summed E-state index contributed by atoms with van der Waals surface area (Å²) in [5.74, 6) is -2.09. The quantitative estimate of drug-likeness (QED) is 0.214. The van der Waals surface area contributed by atoms with Gasteiger partial charge in [-0.15, -0.1) is 0 Å². The average molecular weight is 614 g/mol. The topological polar surface area (TPSA) is 164 Å². The summed E-state index contributed by atoms with van der Waals surface area (Å²) < 4.78 is 17.4. The minimum atomic E-state index is -1.32. The Morgan fingerprint density at radius 2 is 1.91 bits per heavy atom. The molecule has 5 rings (SSSR count). The molecule has 2 aliphatic heterocycles. The third-order valence-electron chi connectivity index (χ3n) is 9.70. The summed E-state index contributed by atoms with van der Waals surface area (Å²) in [6.45, 7) is 6.84. The molecule has 1 aromatic rings. The Hall–Kier alpha value is -3.64. The van der Waals surface area contributed by atoms with Crippen molar-refractivity contribution in [3.8, 4) is 11.5 Å². The van der Waals surface area contributed by atoms with Crippen LogP contribution >= 0.6 is 0 Å². The van der Waals surface area contributed by atoms with Gasteiger partial charge in [0.2, 0.25) is 11.8 Å². The number of hydrogen-bond acceptors (Lipinski definition) is 10. The Morgan fingerprint density at radius 3 is 2.61 bits per heavy atom. The highest BCUT2D eigenvalue weighted by molar-refractivity contribution is 5.90. The van der Waals surface area contributed by atoms with Gasteiger partial charge < -0.3 is 40.0 Å². The number of rotatable bonds is 11. The lowest BCUT2D eigenvalue weighted by molar-refractivity contribution is -0.176. The zero-order valence-electron chi connectivity index (χ0n) is 26.0. The molecule has 1 saturated heterocycles. The number of likely N-dealkylation sites (tertiary alicyclic amines) is 1. The van der Waals surface area contributed by atoms with E-state index in [0.29, 0.717) is 31.6 Å². The molecular formula is C32H43N3O9. The lowest BCUT2D eigenvalue weighted by atomic mass is 9.50. The molecule has 44 heavy (non-hydrogen) atoms. The number of unbranched alkanes of at least 4 members (excludes halogenated alkanes) is 2. The first-order valence-electron chi connectivity index (χ1n) is 15.5. The van der Waals surface area contributed by atoms with Crippen molar-refractivity contribution < 1.29 is 43.6 Å². The van der Waals surface area contributed by atoms with E-state index in [1.807, 2.05) is 20.0 Å². The number of phenolic OH excluding ortho intramolecular Hbond substituents is 1. The molecule has 12 heteroatoms. The van der Waals surface area contributed by atoms with Gasteiger partial charge in [0.25, 0.3) is 0 Å². The average Bonchev–Trinajstić information content (AvgIpc) is 3.33. The van der Waals surface area contributed by atoms with E-state index in [2.05, 4.69) is 15.5 Å². The van der Waals surface area contributed by atoms with Gasteiger partial charge in [-0.05, 0) is 64.4 Å². The van der Waals surface area contributed by atoms with Crippen LogP contribution in [0.3, 0.4) is 0 Å². The number of ether oxygens (including phenoxy) is 3. The van der Waals surface area contributed by atoms with Crippen molar-refractivity contribution >= 4 is 23.8 Å². The Bertz CT molecular complexity index is 1380. The van der Waals surface area contributed by atoms with Crippen molar-refractivity contribution in [1.82, 2.24) is 15.5 Å². The van der Waals surface area contributed by atoms with Gasteiger partial charge in [0, 0.05) is 24.9 Å². The predicted molar refractivity (Wildman–Crippen MR) is 158 cm³/mol. The number of nitrogens with zero attached hydrogens (tertiary/aromatic N) is 1. The number of carbonyl (C=O) groups excluding carboxylic acids is 4. The van der Waals surface area contributed by atoms with Crippen LogP contribution in [0.4, 0.5) is 0 Å². The highest BCUT2D eigenvalue weighted by atomic mass is 16.6. The summed E-state index contributed by atoms with van der Waals surface area (Å²) in [5, 5.41) is 28.1. The number of aromatic hydroxyl groups is 1. The van der Waals surface area contributed by atoms with Crippen LogP contribution in [0.2, 0.25) is 0 Å². The summed E-state index contributed by atoms with van der Waals surface area (Å²) in [6.07, 6.45) is 3.83. The smallest absolute Gasteiger partial charge is 0.352 e. The van der Waals surface area contributed by atoms with Crippen molar-refractivity contribution in [2.45, 2.75) is 114 Å². The van der Waals surface area contributed by atoms with Gasteiger partial charge in [-0.25, -0.2) is 9.59 Å². The van der Waals surface area contributed by atoms with Crippen molar-refractivity contribution in [3.05, 3.63) is 35.1 Å². The summed E-state index contributed by atoms with van der Waals surface area (Å²) >= 11 is 0. The van der Waals surface area contributed by atoms with Crippen molar-refractivity contribution in [2.24, 2.45) is 0 Å². The minimum Gasteiger partial charge on any atom is -0.504 e. The third-order valence-corrected chi connectivity index (χ3v) is 9.70. The van der Waals surface area contributed by atoms with Gasteiger partial charge in [-0.3, -0.25) is 9.59 Å². The molecule has 1 fully saturated rings. The van der Waals surface area contributed by atoms with E-state index < -0.39 is 53.2 Å². The molecule has 240 valence electrons. The fourth-order valence-electron chi connectivity index (χ4n) is 7.45. The maximum Gasteiger partial charge on any atom is 0.352 e. The van der Waals surface area contributed by atoms with Crippen LogP contribution in [0.15, 0.2) is 24.0 Å². The van der Waals surface area contributed by atoms with Crippen molar-refractivity contribution in [2.75, 3.05) is 13.6 Å². The molecule has 2 aliphatic carbocycles. The van der Waals surface area contributed by atoms with E-state index in [9.17, 15) is 29.4 Å². The van der Waals surface area contributed by atoms with Gasteiger partial charge in [0.05, 0.1) is 11.0 Å². The second kappa shape index (κ2) is 12.0. The number of hydrogen-bond donors (Lipinski definition) is 4. The summed E-state index contributed by atoms with van der Waals surface area (Å²) in [6, 6.07) is 1.38. The molecule has 0 saturated carbocycles. The molecule has 0 unspecified atom stereocenters. The van der Waals surface area contributed by atoms with Crippen LogP contribution in [0.25, 0.3) is 0 Å². The minimum absolute atomic E-state index is 0.0395. The first kappa shape index (κ1) is 31.8. The molecule has 1 spiro atoms. The lowest BCUT2D eigenvalue weighted by Gasteiger charge is -2.61. The second-order valence-electron chi connectivity index (χ2n) is 12.6. The van der Waals surface area contributed by atoms with E-state index in [-0.39, 0.29) is 29.9 Å². The third kappa shape index (κ3) is 5.21. The van der Waals surface area contributed by atoms with Crippen LogP contribution in [-0.4, -0.2) is 88.4 Å². The van der Waals surface area contributed by atoms with E-state index in [0.717, 1.165) is 30.4 Å². The summed E-state index contributed by atoms with van der Waals surface area (Å²) in [5.41, 5.74) is -0.369. The standard InChI is InChI=1S/C32H43N3O9/c1-6-7-8-9-21(34-19(4)36)28(38)33-17(2)29(39)42-18(3)30(40)43-23-12-13-32(41)24-16-20-10-11-22(37)26-25(20)31(32,27(23)44-26)14-15-35(24)5/h10-12,17-18,21,24,27,37,41H,6-9,13-16H2,1-5H3,(H,33,38)(H,34,36)/t17-,18-,21-,24+,27-,31-,32+/m0/s1. The molecule has 12 nitrogen and oxygen atoms in total. The largest absolute Gasteiger partial charge is 0.504 e. The van der Waals surface area contributed by atoms with Crippen molar-refractivity contribution in [1.29, 1.82) is 0 Å². The number of amides is 2. The molecule has 1 aromatic carbocycles. The van der Waals surface area contributed by atoms with E-state index >= 15 is 0 Å². The van der Waals surface area contributed by atoms with Crippen LogP contribution in [0, 0.1) is 0 Å². The van der Waals surface area contributed by atoms with Crippen LogP contribution in [-0.2, 0) is 40.5 Å². The SMILES string of the molecule is CCCCC[C@H](NC(C)=O)C(=O)N[C@@H](C)C(=O)O[C@@H](C)C(=O)OC1=CC[C@@]2(O)[C@H]3Cc4ccc(O)c5c4[C@@]2(CCN3C)[C@H]1O5. The first-order chi connectivity index (χ1) is 20.8. The van der Waals surface area contributed by atoms with Gasteiger partial charge in [0.1, 0.15) is 17.8 Å². The van der Waals surface area contributed by atoms with Crippen LogP contribution in [0.1, 0.15) is 77.3 Å². The fraction of sp³-hybridized carbons (Fsp3) is 0.625. The molecule has 2 bridgehead atoms. The van der Waals surface area contributed by atoms with Crippen LogP contribution in [0.5, 0.6) is 11.5 Å². The van der Waals surface area contributed by atoms with Crippen molar-refractivity contribution in [3.63, 3.8) is 0 Å². The molecule has 2 amide bonds. The predicted octanol–water partition coefficient (Wildman–Crippen LogP) is 1.73. The summed E-state index contributed by atoms with van der Waals surface area (Å²) in [7, 11) is 1.98. The highest BCUT2D eigenvalue weighted by Crippen LogP contribution is 2.65. The van der Waals surface area contributed by atoms with Crippen LogP contribution < -0.4 is 15.4 Å². The van der Waals surface area contributed by atoms with E-state index in [1.165, 1.54) is 20.8 Å². The molecule has 0 radical (unpaired) electrons. The molecular weight excluding hydrogens is 570 g/mol. The number of benzene rings is 1. The molecule has 4 aliphatic rings. The zero-order valence-corrected chi connectivity index (χ0v) is 26.0. The van der Waals surface area contributed by atoms with Gasteiger partial charge in [-0.2, -0.15) is 0 Å². The second-order valence-corrected chi connectivity index (χ2v) is 12.6. The number of carbonyl (C=O) groups is 4. The number of nitrogens with one attached hydrogen (secondary N) is 2. The number of esters is 2. The van der Waals surface area contributed by atoms with Gasteiger partial charge in [-0.1, -0.05) is 32.3 Å². The zero-order chi connectivity index (χ0) is 32.0. The Labute approximate surface area is 257 Å². The molecule has 2 heterocycles. The molecule has 0 aromatic heterocycles. The number of phenols is 1. The Balaban J connectivity index is 1.26. The summed E-state index contributed by atoms with van der Waals surface area (Å²) in [4.78, 5) is 52.6. The number of piperidine rings is 1. The lowest BCUT2D eigenvalue weighted by Crippen LogP contribution is -2.74. The molecule has 4 N–H and O–H groups in total. The maximum atomic E-state index is 13.2. The van der Waals surface area contributed by atoms with E-state index in [4.69, 9.17) is 14.2 Å². The normalized spacial score (nSPS) is 28.4. The highest BCUT2D eigenvalue weighted by Gasteiger charge is 2.72. The Morgan fingerprint density at radius 1 is 1.16 bits per heavy atom.